The molecule has 0 heterocycles. The normalized spacial score (nSPS) is 16.8. The number of halogens is 1. The lowest BCUT2D eigenvalue weighted by Crippen LogP contribution is -2.31. The molecule has 3 nitrogen and oxygen atoms in total. The summed E-state index contributed by atoms with van der Waals surface area (Å²) in [5.74, 6) is -0.661. The van der Waals surface area contributed by atoms with Crippen molar-refractivity contribution in [3.8, 4) is 0 Å². The van der Waals surface area contributed by atoms with Crippen molar-refractivity contribution < 1.29 is 9.90 Å². The quantitative estimate of drug-likeness (QED) is 0.793. The van der Waals surface area contributed by atoms with Crippen molar-refractivity contribution >= 4 is 21.9 Å². The Kier molecular flexibility index (Phi) is 3.84. The third-order valence-electron chi connectivity index (χ3n) is 3.30. The maximum Gasteiger partial charge on any atom is 0.310 e. The van der Waals surface area contributed by atoms with Gasteiger partial charge in [0.25, 0.3) is 0 Å². The van der Waals surface area contributed by atoms with Crippen LogP contribution in [-0.2, 0) is 11.2 Å². The van der Waals surface area contributed by atoms with E-state index in [2.05, 4.69) is 27.3 Å². The van der Waals surface area contributed by atoms with Crippen LogP contribution in [0.1, 0.15) is 18.4 Å². The zero-order valence-electron chi connectivity index (χ0n) is 9.58. The smallest absolute Gasteiger partial charge is 0.310 e. The van der Waals surface area contributed by atoms with Crippen LogP contribution >= 0.6 is 15.9 Å². The van der Waals surface area contributed by atoms with E-state index in [9.17, 15) is 4.79 Å². The number of hydrogen-bond donors (Lipinski definition) is 2. The monoisotopic (exact) mass is 297 g/mol. The highest BCUT2D eigenvalue weighted by molar-refractivity contribution is 9.10. The molecule has 1 aliphatic rings. The highest BCUT2D eigenvalue weighted by atomic mass is 79.9. The maximum atomic E-state index is 11.0. The van der Waals surface area contributed by atoms with Crippen LogP contribution in [0.15, 0.2) is 28.7 Å². The molecule has 4 heteroatoms. The number of rotatable bonds is 6. The molecule has 2 N–H and O–H groups in total. The first-order chi connectivity index (χ1) is 8.14. The molecule has 0 radical (unpaired) electrons. The lowest BCUT2D eigenvalue weighted by Gasteiger charge is -2.11. The van der Waals surface area contributed by atoms with Crippen molar-refractivity contribution in [2.24, 2.45) is 5.41 Å². The highest BCUT2D eigenvalue weighted by Crippen LogP contribution is 2.45. The summed E-state index contributed by atoms with van der Waals surface area (Å²) < 4.78 is 1.11. The number of carbonyl (C=O) groups is 1. The van der Waals surface area contributed by atoms with Gasteiger partial charge in [-0.05, 0) is 37.4 Å². The molecule has 1 aliphatic carbocycles. The van der Waals surface area contributed by atoms with Gasteiger partial charge in [0, 0.05) is 11.0 Å². The largest absolute Gasteiger partial charge is 0.481 e. The van der Waals surface area contributed by atoms with Crippen LogP contribution < -0.4 is 5.32 Å². The Balaban J connectivity index is 1.74. The molecule has 2 rings (SSSR count). The summed E-state index contributed by atoms with van der Waals surface area (Å²) in [4.78, 5) is 11.0. The highest BCUT2D eigenvalue weighted by Gasteiger charge is 2.49. The van der Waals surface area contributed by atoms with Gasteiger partial charge in [-0.1, -0.05) is 34.1 Å². The van der Waals surface area contributed by atoms with Gasteiger partial charge in [0.2, 0.25) is 0 Å². The maximum absolute atomic E-state index is 11.0. The van der Waals surface area contributed by atoms with Gasteiger partial charge in [-0.3, -0.25) is 4.79 Å². The van der Waals surface area contributed by atoms with Crippen molar-refractivity contribution in [2.75, 3.05) is 13.1 Å². The molecular weight excluding hydrogens is 282 g/mol. The Labute approximate surface area is 109 Å². The first-order valence-corrected chi connectivity index (χ1v) is 6.61. The fourth-order valence-electron chi connectivity index (χ4n) is 1.87. The van der Waals surface area contributed by atoms with E-state index in [0.29, 0.717) is 6.54 Å². The second kappa shape index (κ2) is 5.19. The van der Waals surface area contributed by atoms with Crippen LogP contribution in [0.5, 0.6) is 0 Å². The summed E-state index contributed by atoms with van der Waals surface area (Å²) in [6.45, 7) is 1.41. The van der Waals surface area contributed by atoms with E-state index < -0.39 is 11.4 Å². The number of aliphatic carboxylic acids is 1. The lowest BCUT2D eigenvalue weighted by atomic mass is 10.1. The Morgan fingerprint density at radius 3 is 2.71 bits per heavy atom. The predicted octanol–water partition coefficient (Wildman–Crippen LogP) is 2.45. The van der Waals surface area contributed by atoms with Crippen LogP contribution in [0.25, 0.3) is 0 Å². The molecule has 0 aliphatic heterocycles. The Hall–Kier alpha value is -0.870. The van der Waals surface area contributed by atoms with E-state index in [4.69, 9.17) is 5.11 Å². The van der Waals surface area contributed by atoms with Crippen LogP contribution in [0.2, 0.25) is 0 Å². The molecule has 1 aromatic carbocycles. The summed E-state index contributed by atoms with van der Waals surface area (Å²) >= 11 is 3.50. The molecule has 1 fully saturated rings. The minimum absolute atomic E-state index is 0.464. The van der Waals surface area contributed by atoms with Crippen LogP contribution in [-0.4, -0.2) is 24.2 Å². The van der Waals surface area contributed by atoms with E-state index in [1.165, 1.54) is 5.56 Å². The standard InChI is InChI=1S/C13H16BrNO2/c14-11-4-2-1-3-10(11)5-8-15-9-13(6-7-13)12(16)17/h1-4,15H,5-9H2,(H,16,17). The molecule has 0 spiro atoms. The first-order valence-electron chi connectivity index (χ1n) is 5.82. The topological polar surface area (TPSA) is 49.3 Å². The number of carboxylic acid groups (broad SMARTS) is 1. The van der Waals surface area contributed by atoms with Gasteiger partial charge in [-0.25, -0.2) is 0 Å². The Morgan fingerprint density at radius 2 is 2.12 bits per heavy atom. The molecule has 17 heavy (non-hydrogen) atoms. The Morgan fingerprint density at radius 1 is 1.41 bits per heavy atom. The van der Waals surface area contributed by atoms with Gasteiger partial charge in [-0.2, -0.15) is 0 Å². The molecule has 0 unspecified atom stereocenters. The van der Waals surface area contributed by atoms with Gasteiger partial charge in [0.15, 0.2) is 0 Å². The van der Waals surface area contributed by atoms with Gasteiger partial charge in [0.1, 0.15) is 0 Å². The van der Waals surface area contributed by atoms with Gasteiger partial charge in [-0.15, -0.1) is 0 Å². The molecule has 92 valence electrons. The number of nitrogens with one attached hydrogen (secondary N) is 1. The molecule has 0 aromatic heterocycles. The number of carboxylic acids is 1. The molecule has 1 saturated carbocycles. The number of benzene rings is 1. The molecule has 0 amide bonds. The molecule has 0 saturated heterocycles. The van der Waals surface area contributed by atoms with Crippen LogP contribution in [0.4, 0.5) is 0 Å². The van der Waals surface area contributed by atoms with Crippen molar-refractivity contribution in [1.29, 1.82) is 0 Å². The predicted molar refractivity (Wildman–Crippen MR) is 70.0 cm³/mol. The Bertz CT molecular complexity index is 416. The minimum Gasteiger partial charge on any atom is -0.481 e. The minimum atomic E-state index is -0.661. The summed E-state index contributed by atoms with van der Waals surface area (Å²) in [5.41, 5.74) is 0.786. The van der Waals surface area contributed by atoms with Crippen LogP contribution in [0, 0.1) is 5.41 Å². The molecular formula is C13H16BrNO2. The van der Waals surface area contributed by atoms with Crippen LogP contribution in [0.3, 0.4) is 0 Å². The summed E-state index contributed by atoms with van der Waals surface area (Å²) in [6, 6.07) is 8.11. The van der Waals surface area contributed by atoms with Gasteiger partial charge >= 0.3 is 5.97 Å². The van der Waals surface area contributed by atoms with E-state index in [0.717, 1.165) is 30.3 Å². The van der Waals surface area contributed by atoms with E-state index >= 15 is 0 Å². The SMILES string of the molecule is O=C(O)C1(CNCCc2ccccc2Br)CC1. The van der Waals surface area contributed by atoms with E-state index in [1.54, 1.807) is 0 Å². The summed E-state index contributed by atoms with van der Waals surface area (Å²) in [7, 11) is 0. The van der Waals surface area contributed by atoms with E-state index in [1.807, 2.05) is 18.2 Å². The van der Waals surface area contributed by atoms with Gasteiger partial charge in [0.05, 0.1) is 5.41 Å². The van der Waals surface area contributed by atoms with Gasteiger partial charge < -0.3 is 10.4 Å². The van der Waals surface area contributed by atoms with Crippen molar-refractivity contribution in [3.63, 3.8) is 0 Å². The van der Waals surface area contributed by atoms with Crippen molar-refractivity contribution in [3.05, 3.63) is 34.3 Å². The first kappa shape index (κ1) is 12.6. The average Bonchev–Trinajstić information content (AvgIpc) is 3.08. The summed E-state index contributed by atoms with van der Waals surface area (Å²) in [5, 5.41) is 12.3. The fourth-order valence-corrected chi connectivity index (χ4v) is 2.35. The van der Waals surface area contributed by atoms with Crippen molar-refractivity contribution in [1.82, 2.24) is 5.32 Å². The fraction of sp³-hybridized carbons (Fsp3) is 0.462. The second-order valence-corrected chi connectivity index (χ2v) is 5.46. The zero-order chi connectivity index (χ0) is 12.3. The zero-order valence-corrected chi connectivity index (χ0v) is 11.2. The molecule has 0 atom stereocenters. The summed E-state index contributed by atoms with van der Waals surface area (Å²) in [6.07, 6.45) is 2.53. The third-order valence-corrected chi connectivity index (χ3v) is 4.07. The van der Waals surface area contributed by atoms with Crippen molar-refractivity contribution in [2.45, 2.75) is 19.3 Å². The molecule has 0 bridgehead atoms. The third kappa shape index (κ3) is 3.07. The molecule has 1 aromatic rings. The second-order valence-electron chi connectivity index (χ2n) is 4.60. The van der Waals surface area contributed by atoms with E-state index in [-0.39, 0.29) is 0 Å². The number of hydrogen-bond acceptors (Lipinski definition) is 2. The average molecular weight is 298 g/mol. The lowest BCUT2D eigenvalue weighted by molar-refractivity contribution is -0.143.